The number of ether oxygens (including phenoxy) is 1. The number of carbonyl (C=O) groups excluding carboxylic acids is 1. The van der Waals surface area contributed by atoms with Crippen molar-refractivity contribution in [3.63, 3.8) is 0 Å². The Labute approximate surface area is 72.9 Å². The van der Waals surface area contributed by atoms with Gasteiger partial charge < -0.3 is 4.74 Å². The van der Waals surface area contributed by atoms with Crippen molar-refractivity contribution in [1.29, 1.82) is 0 Å². The zero-order valence-corrected chi connectivity index (χ0v) is 8.02. The van der Waals surface area contributed by atoms with E-state index in [4.69, 9.17) is 16.3 Å². The Bertz CT molecular complexity index is 125. The van der Waals surface area contributed by atoms with Gasteiger partial charge in [0.25, 0.3) is 0 Å². The van der Waals surface area contributed by atoms with E-state index in [-0.39, 0.29) is 18.0 Å². The minimum absolute atomic E-state index is 0.0133. The largest absolute Gasteiger partial charge is 0.461 e. The normalized spacial score (nSPS) is 15.6. The number of esters is 1. The second-order valence-electron chi connectivity index (χ2n) is 2.71. The Morgan fingerprint density at radius 2 is 2.09 bits per heavy atom. The topological polar surface area (TPSA) is 26.3 Å². The molecule has 2 atom stereocenters. The fraction of sp³-hybridized carbons (Fsp3) is 0.875. The second kappa shape index (κ2) is 5.42. The Kier molecular flexibility index (Phi) is 5.30. The van der Waals surface area contributed by atoms with Crippen LogP contribution in [0.5, 0.6) is 0 Å². The molecule has 11 heavy (non-hydrogen) atoms. The van der Waals surface area contributed by atoms with Gasteiger partial charge in [0.2, 0.25) is 0 Å². The van der Waals surface area contributed by atoms with E-state index in [9.17, 15) is 4.79 Å². The summed E-state index contributed by atoms with van der Waals surface area (Å²) in [5, 5.41) is 0. The molecular formula is C8H15ClO2. The molecule has 0 amide bonds. The highest BCUT2D eigenvalue weighted by Gasteiger charge is 2.14. The van der Waals surface area contributed by atoms with E-state index in [1.165, 1.54) is 0 Å². The van der Waals surface area contributed by atoms with E-state index >= 15 is 0 Å². The molecule has 0 aromatic heterocycles. The molecule has 0 aliphatic carbocycles. The van der Waals surface area contributed by atoms with E-state index in [1.54, 1.807) is 6.92 Å². The molecule has 0 rings (SSSR count). The number of hydrogen-bond acceptors (Lipinski definition) is 2. The molecule has 66 valence electrons. The summed E-state index contributed by atoms with van der Waals surface area (Å²) in [5.74, 6) is 0.198. The van der Waals surface area contributed by atoms with Crippen molar-refractivity contribution in [3.8, 4) is 0 Å². The highest BCUT2D eigenvalue weighted by molar-refractivity contribution is 6.18. The van der Waals surface area contributed by atoms with Crippen LogP contribution in [0.1, 0.15) is 27.2 Å². The van der Waals surface area contributed by atoms with Crippen LogP contribution in [0.4, 0.5) is 0 Å². The number of halogens is 1. The smallest absolute Gasteiger partial charge is 0.308 e. The lowest BCUT2D eigenvalue weighted by Gasteiger charge is -2.12. The van der Waals surface area contributed by atoms with E-state index in [0.717, 1.165) is 6.42 Å². The Balaban J connectivity index is 3.68. The summed E-state index contributed by atoms with van der Waals surface area (Å²) in [5.41, 5.74) is 0. The standard InChI is InChI=1S/C8H15ClO2/c1-4-6(2)8(10)11-7(3)5-9/h6-7H,4-5H2,1-3H3. The summed E-state index contributed by atoms with van der Waals surface area (Å²) in [6.07, 6.45) is 0.645. The molecule has 0 bridgehead atoms. The average molecular weight is 179 g/mol. The molecular weight excluding hydrogens is 164 g/mol. The maximum absolute atomic E-state index is 11.1. The van der Waals surface area contributed by atoms with E-state index in [2.05, 4.69) is 0 Å². The lowest BCUT2D eigenvalue weighted by molar-refractivity contribution is -0.151. The van der Waals surface area contributed by atoms with Crippen LogP contribution in [0.25, 0.3) is 0 Å². The fourth-order valence-corrected chi connectivity index (χ4v) is 0.576. The SMILES string of the molecule is CCC(C)C(=O)OC(C)CCl. The van der Waals surface area contributed by atoms with E-state index in [0.29, 0.717) is 5.88 Å². The fourth-order valence-electron chi connectivity index (χ4n) is 0.513. The number of rotatable bonds is 4. The Morgan fingerprint density at radius 3 is 2.45 bits per heavy atom. The molecule has 0 N–H and O–H groups in total. The third kappa shape index (κ3) is 4.25. The quantitative estimate of drug-likeness (QED) is 0.488. The van der Waals surface area contributed by atoms with E-state index in [1.807, 2.05) is 13.8 Å². The summed E-state index contributed by atoms with van der Waals surface area (Å²) < 4.78 is 4.98. The molecule has 0 spiro atoms. The van der Waals surface area contributed by atoms with Gasteiger partial charge in [-0.25, -0.2) is 0 Å². The van der Waals surface area contributed by atoms with Crippen molar-refractivity contribution in [3.05, 3.63) is 0 Å². The Morgan fingerprint density at radius 1 is 1.55 bits per heavy atom. The van der Waals surface area contributed by atoms with Gasteiger partial charge in [-0.2, -0.15) is 0 Å². The van der Waals surface area contributed by atoms with Crippen molar-refractivity contribution >= 4 is 17.6 Å². The summed E-state index contributed by atoms with van der Waals surface area (Å²) in [6.45, 7) is 5.59. The highest BCUT2D eigenvalue weighted by atomic mass is 35.5. The average Bonchev–Trinajstić information content (AvgIpc) is 2.02. The van der Waals surface area contributed by atoms with Crippen molar-refractivity contribution in [2.75, 3.05) is 5.88 Å². The Hall–Kier alpha value is -0.240. The summed E-state index contributed by atoms with van der Waals surface area (Å²) >= 11 is 5.47. The first-order chi connectivity index (χ1) is 5.11. The first-order valence-corrected chi connectivity index (χ1v) is 4.41. The van der Waals surface area contributed by atoms with Crippen LogP contribution in [0, 0.1) is 5.92 Å². The summed E-state index contributed by atoms with van der Waals surface area (Å²) in [6, 6.07) is 0. The molecule has 3 heteroatoms. The van der Waals surface area contributed by atoms with E-state index < -0.39 is 0 Å². The van der Waals surface area contributed by atoms with Gasteiger partial charge >= 0.3 is 5.97 Å². The second-order valence-corrected chi connectivity index (χ2v) is 3.02. The predicted molar refractivity (Wildman–Crippen MR) is 45.7 cm³/mol. The zero-order chi connectivity index (χ0) is 8.85. The van der Waals surface area contributed by atoms with Crippen LogP contribution in [0.2, 0.25) is 0 Å². The minimum Gasteiger partial charge on any atom is -0.461 e. The molecule has 2 unspecified atom stereocenters. The maximum atomic E-state index is 11.1. The van der Waals surface area contributed by atoms with Crippen LogP contribution in [0.15, 0.2) is 0 Å². The van der Waals surface area contributed by atoms with Crippen LogP contribution < -0.4 is 0 Å². The molecule has 2 nitrogen and oxygen atoms in total. The molecule has 0 saturated heterocycles. The van der Waals surface area contributed by atoms with Gasteiger partial charge in [0.05, 0.1) is 11.8 Å². The number of alkyl halides is 1. The van der Waals surface area contributed by atoms with Crippen LogP contribution in [0.3, 0.4) is 0 Å². The summed E-state index contributed by atoms with van der Waals surface area (Å²) in [4.78, 5) is 11.1. The highest BCUT2D eigenvalue weighted by Crippen LogP contribution is 2.05. The zero-order valence-electron chi connectivity index (χ0n) is 7.26. The molecule has 0 fully saturated rings. The summed E-state index contributed by atoms with van der Waals surface area (Å²) in [7, 11) is 0. The molecule has 0 aliphatic rings. The monoisotopic (exact) mass is 178 g/mol. The van der Waals surface area contributed by atoms with Crippen LogP contribution in [-0.2, 0) is 9.53 Å². The molecule has 0 aliphatic heterocycles. The van der Waals surface area contributed by atoms with Gasteiger partial charge in [0.1, 0.15) is 6.10 Å². The molecule has 0 saturated carbocycles. The maximum Gasteiger partial charge on any atom is 0.308 e. The number of carbonyl (C=O) groups is 1. The molecule has 0 heterocycles. The minimum atomic E-state index is -0.168. The third-order valence-corrected chi connectivity index (χ3v) is 1.98. The van der Waals surface area contributed by atoms with Crippen molar-refractivity contribution in [1.82, 2.24) is 0 Å². The van der Waals surface area contributed by atoms with Crippen molar-refractivity contribution < 1.29 is 9.53 Å². The van der Waals surface area contributed by atoms with Gasteiger partial charge in [0, 0.05) is 0 Å². The third-order valence-electron chi connectivity index (χ3n) is 1.55. The van der Waals surface area contributed by atoms with Gasteiger partial charge in [-0.1, -0.05) is 13.8 Å². The van der Waals surface area contributed by atoms with Gasteiger partial charge in [-0.05, 0) is 13.3 Å². The van der Waals surface area contributed by atoms with Gasteiger partial charge in [-0.15, -0.1) is 11.6 Å². The molecule has 0 radical (unpaired) electrons. The van der Waals surface area contributed by atoms with Crippen LogP contribution >= 0.6 is 11.6 Å². The molecule has 0 aromatic carbocycles. The van der Waals surface area contributed by atoms with Gasteiger partial charge in [0.15, 0.2) is 0 Å². The predicted octanol–water partition coefficient (Wildman–Crippen LogP) is 2.20. The molecule has 0 aromatic rings. The van der Waals surface area contributed by atoms with Crippen molar-refractivity contribution in [2.24, 2.45) is 5.92 Å². The first kappa shape index (κ1) is 10.8. The first-order valence-electron chi connectivity index (χ1n) is 3.88. The lowest BCUT2D eigenvalue weighted by atomic mass is 10.1. The van der Waals surface area contributed by atoms with Crippen LogP contribution in [-0.4, -0.2) is 18.0 Å². The van der Waals surface area contributed by atoms with Gasteiger partial charge in [-0.3, -0.25) is 4.79 Å². The lowest BCUT2D eigenvalue weighted by Crippen LogP contribution is -2.21. The number of hydrogen-bond donors (Lipinski definition) is 0. The van der Waals surface area contributed by atoms with Crippen molar-refractivity contribution in [2.45, 2.75) is 33.3 Å².